The molecule has 0 saturated carbocycles. The van der Waals surface area contributed by atoms with Crippen molar-refractivity contribution in [1.82, 2.24) is 15.1 Å². The van der Waals surface area contributed by atoms with Crippen LogP contribution in [-0.4, -0.2) is 38.7 Å². The van der Waals surface area contributed by atoms with E-state index >= 15 is 0 Å². The normalized spacial score (nSPS) is 18.8. The Kier molecular flexibility index (Phi) is 5.23. The molecule has 2 unspecified atom stereocenters. The number of benzene rings is 1. The summed E-state index contributed by atoms with van der Waals surface area (Å²) in [4.78, 5) is 15.1. The average molecular weight is 341 g/mol. The van der Waals surface area contributed by atoms with Crippen molar-refractivity contribution in [2.75, 3.05) is 6.54 Å². The summed E-state index contributed by atoms with van der Waals surface area (Å²) in [5, 5.41) is 17.8. The molecule has 3 rings (SSSR count). The minimum absolute atomic E-state index is 0.0395. The van der Waals surface area contributed by atoms with E-state index in [1.54, 1.807) is 0 Å². The standard InChI is InChI=1S/C20H27N3O2/c1-13(2)19-18(14(3)21-22-19)20(25)23-11-7-10-16(23)12-17(24)15-8-5-4-6-9-15/h4-6,8-9,13,16-17,24H,7,10-12H2,1-3H3,(H,21,22). The van der Waals surface area contributed by atoms with Crippen LogP contribution in [0, 0.1) is 6.92 Å². The highest BCUT2D eigenvalue weighted by Crippen LogP contribution is 2.30. The summed E-state index contributed by atoms with van der Waals surface area (Å²) in [5.74, 6) is 0.234. The maximum atomic E-state index is 13.2. The van der Waals surface area contributed by atoms with E-state index in [4.69, 9.17) is 0 Å². The highest BCUT2D eigenvalue weighted by atomic mass is 16.3. The van der Waals surface area contributed by atoms with Gasteiger partial charge in [-0.1, -0.05) is 44.2 Å². The number of aliphatic hydroxyl groups excluding tert-OH is 1. The molecule has 25 heavy (non-hydrogen) atoms. The van der Waals surface area contributed by atoms with Crippen LogP contribution in [0.5, 0.6) is 0 Å². The number of aromatic nitrogens is 2. The van der Waals surface area contributed by atoms with Crippen LogP contribution in [0.15, 0.2) is 30.3 Å². The molecule has 1 amide bonds. The van der Waals surface area contributed by atoms with E-state index in [1.165, 1.54) is 0 Å². The van der Waals surface area contributed by atoms with Gasteiger partial charge in [-0.05, 0) is 37.7 Å². The van der Waals surface area contributed by atoms with Gasteiger partial charge in [-0.25, -0.2) is 0 Å². The van der Waals surface area contributed by atoms with Gasteiger partial charge >= 0.3 is 0 Å². The van der Waals surface area contributed by atoms with Crippen molar-refractivity contribution >= 4 is 5.91 Å². The Bertz CT molecular complexity index is 724. The van der Waals surface area contributed by atoms with Crippen molar-refractivity contribution in [3.63, 3.8) is 0 Å². The number of hydrogen-bond acceptors (Lipinski definition) is 3. The van der Waals surface area contributed by atoms with Crippen molar-refractivity contribution in [1.29, 1.82) is 0 Å². The minimum Gasteiger partial charge on any atom is -0.388 e. The van der Waals surface area contributed by atoms with Crippen LogP contribution in [0.4, 0.5) is 0 Å². The fourth-order valence-electron chi connectivity index (χ4n) is 3.70. The van der Waals surface area contributed by atoms with E-state index in [9.17, 15) is 9.90 Å². The van der Waals surface area contributed by atoms with Crippen molar-refractivity contribution in [2.45, 2.75) is 58.1 Å². The van der Waals surface area contributed by atoms with Gasteiger partial charge in [-0.3, -0.25) is 9.89 Å². The number of H-pyrrole nitrogens is 1. The number of likely N-dealkylation sites (tertiary alicyclic amines) is 1. The predicted molar refractivity (Wildman–Crippen MR) is 97.5 cm³/mol. The Hall–Kier alpha value is -2.14. The third-order valence-corrected chi connectivity index (χ3v) is 5.05. The second-order valence-electron chi connectivity index (χ2n) is 7.22. The first-order valence-corrected chi connectivity index (χ1v) is 9.08. The molecule has 2 atom stereocenters. The Morgan fingerprint density at radius 2 is 2.08 bits per heavy atom. The lowest BCUT2D eigenvalue weighted by Crippen LogP contribution is -2.37. The van der Waals surface area contributed by atoms with Gasteiger partial charge in [-0.15, -0.1) is 0 Å². The van der Waals surface area contributed by atoms with Crippen molar-refractivity contribution in [3.05, 3.63) is 52.8 Å². The third-order valence-electron chi connectivity index (χ3n) is 5.05. The van der Waals surface area contributed by atoms with E-state index in [-0.39, 0.29) is 17.9 Å². The van der Waals surface area contributed by atoms with Gasteiger partial charge in [0.1, 0.15) is 0 Å². The highest BCUT2D eigenvalue weighted by molar-refractivity contribution is 5.97. The number of nitrogens with one attached hydrogen (secondary N) is 1. The summed E-state index contributed by atoms with van der Waals surface area (Å²) in [7, 11) is 0. The Morgan fingerprint density at radius 3 is 2.76 bits per heavy atom. The fraction of sp³-hybridized carbons (Fsp3) is 0.500. The molecular formula is C20H27N3O2. The van der Waals surface area contributed by atoms with Gasteiger partial charge in [0.2, 0.25) is 0 Å². The molecule has 1 saturated heterocycles. The summed E-state index contributed by atoms with van der Waals surface area (Å²) in [6, 6.07) is 9.74. The largest absolute Gasteiger partial charge is 0.388 e. The lowest BCUT2D eigenvalue weighted by molar-refractivity contribution is 0.0665. The predicted octanol–water partition coefficient (Wildman–Crippen LogP) is 3.57. The second-order valence-corrected chi connectivity index (χ2v) is 7.22. The molecule has 0 spiro atoms. The fourth-order valence-corrected chi connectivity index (χ4v) is 3.70. The first kappa shape index (κ1) is 17.7. The number of aliphatic hydroxyl groups is 1. The molecule has 1 aliphatic heterocycles. The molecular weight excluding hydrogens is 314 g/mol. The van der Waals surface area contributed by atoms with Crippen LogP contribution in [0.25, 0.3) is 0 Å². The highest BCUT2D eigenvalue weighted by Gasteiger charge is 2.34. The number of nitrogens with zero attached hydrogens (tertiary/aromatic N) is 2. The van der Waals surface area contributed by atoms with Crippen LogP contribution in [0.2, 0.25) is 0 Å². The summed E-state index contributed by atoms with van der Waals surface area (Å²) >= 11 is 0. The van der Waals surface area contributed by atoms with Gasteiger partial charge in [-0.2, -0.15) is 5.10 Å². The SMILES string of the molecule is Cc1[nH]nc(C(C)C)c1C(=O)N1CCCC1CC(O)c1ccccc1. The molecule has 0 bridgehead atoms. The molecule has 2 heterocycles. The zero-order chi connectivity index (χ0) is 18.0. The van der Waals surface area contributed by atoms with E-state index in [0.29, 0.717) is 12.0 Å². The van der Waals surface area contributed by atoms with E-state index in [2.05, 4.69) is 10.2 Å². The van der Waals surface area contributed by atoms with Gasteiger partial charge in [0.25, 0.3) is 5.91 Å². The zero-order valence-corrected chi connectivity index (χ0v) is 15.2. The maximum absolute atomic E-state index is 13.2. The number of carbonyl (C=O) groups is 1. The van der Waals surface area contributed by atoms with E-state index in [0.717, 1.165) is 36.3 Å². The second kappa shape index (κ2) is 7.40. The molecule has 1 fully saturated rings. The Morgan fingerprint density at radius 1 is 1.36 bits per heavy atom. The van der Waals surface area contributed by atoms with Gasteiger partial charge in [0, 0.05) is 18.3 Å². The van der Waals surface area contributed by atoms with Gasteiger partial charge in [0.15, 0.2) is 0 Å². The molecule has 2 N–H and O–H groups in total. The van der Waals surface area contributed by atoms with Gasteiger partial charge in [0.05, 0.1) is 17.4 Å². The third kappa shape index (κ3) is 3.61. The van der Waals surface area contributed by atoms with Crippen LogP contribution in [0.3, 0.4) is 0 Å². The van der Waals surface area contributed by atoms with Crippen LogP contribution in [0.1, 0.15) is 72.4 Å². The molecule has 0 aliphatic carbocycles. The lowest BCUT2D eigenvalue weighted by Gasteiger charge is -2.27. The summed E-state index contributed by atoms with van der Waals surface area (Å²) in [6.07, 6.45) is 1.94. The maximum Gasteiger partial charge on any atom is 0.257 e. The molecule has 0 radical (unpaired) electrons. The number of hydrogen-bond donors (Lipinski definition) is 2. The molecule has 1 aliphatic rings. The molecule has 134 valence electrons. The number of aromatic amines is 1. The summed E-state index contributed by atoms with van der Waals surface area (Å²) in [6.45, 7) is 6.74. The number of rotatable bonds is 5. The first-order chi connectivity index (χ1) is 12.0. The minimum atomic E-state index is -0.547. The Balaban J connectivity index is 1.78. The molecule has 1 aromatic carbocycles. The van der Waals surface area contributed by atoms with E-state index < -0.39 is 6.10 Å². The van der Waals surface area contributed by atoms with Crippen molar-refractivity contribution in [3.8, 4) is 0 Å². The van der Waals surface area contributed by atoms with E-state index in [1.807, 2.05) is 56.0 Å². The molecule has 5 heteroatoms. The first-order valence-electron chi connectivity index (χ1n) is 9.08. The van der Waals surface area contributed by atoms with Gasteiger partial charge < -0.3 is 10.0 Å². The van der Waals surface area contributed by atoms with Crippen molar-refractivity contribution in [2.24, 2.45) is 0 Å². The monoisotopic (exact) mass is 341 g/mol. The quantitative estimate of drug-likeness (QED) is 0.873. The average Bonchev–Trinajstić information content (AvgIpc) is 3.21. The lowest BCUT2D eigenvalue weighted by atomic mass is 9.99. The smallest absolute Gasteiger partial charge is 0.257 e. The van der Waals surface area contributed by atoms with Crippen LogP contribution < -0.4 is 0 Å². The number of amides is 1. The Labute approximate surface area is 149 Å². The number of carbonyl (C=O) groups excluding carboxylic acids is 1. The van der Waals surface area contributed by atoms with Crippen LogP contribution in [-0.2, 0) is 0 Å². The van der Waals surface area contributed by atoms with Crippen LogP contribution >= 0.6 is 0 Å². The molecule has 1 aromatic heterocycles. The number of aryl methyl sites for hydroxylation is 1. The van der Waals surface area contributed by atoms with Crippen molar-refractivity contribution < 1.29 is 9.90 Å². The zero-order valence-electron chi connectivity index (χ0n) is 15.2. The molecule has 2 aromatic rings. The molecule has 5 nitrogen and oxygen atoms in total. The summed E-state index contributed by atoms with van der Waals surface area (Å²) < 4.78 is 0. The summed E-state index contributed by atoms with van der Waals surface area (Å²) in [5.41, 5.74) is 3.26. The topological polar surface area (TPSA) is 69.2 Å².